The molecule has 1 N–H and O–H groups in total. The van der Waals surface area contributed by atoms with Crippen LogP contribution in [0.1, 0.15) is 11.1 Å². The highest BCUT2D eigenvalue weighted by Gasteiger charge is 2.09. The Labute approximate surface area is 172 Å². The third-order valence-corrected chi connectivity index (χ3v) is 4.44. The molecule has 0 radical (unpaired) electrons. The molecule has 0 aliphatic carbocycles. The Morgan fingerprint density at radius 2 is 1.68 bits per heavy atom. The molecule has 0 saturated carbocycles. The fourth-order valence-electron chi connectivity index (χ4n) is 2.45. The van der Waals surface area contributed by atoms with Gasteiger partial charge in [0.15, 0.2) is 0 Å². The number of nitrogens with zero attached hydrogens (tertiary/aromatic N) is 1. The van der Waals surface area contributed by atoms with Crippen LogP contribution >= 0.6 is 15.9 Å². The Morgan fingerprint density at radius 1 is 1.00 bits per heavy atom. The van der Waals surface area contributed by atoms with Crippen molar-refractivity contribution in [2.75, 3.05) is 5.32 Å². The molecule has 4 nitrogen and oxygen atoms in total. The lowest BCUT2D eigenvalue weighted by molar-refractivity contribution is -0.112. The Balaban J connectivity index is 1.64. The van der Waals surface area contributed by atoms with E-state index in [4.69, 9.17) is 4.74 Å². The first-order valence-corrected chi connectivity index (χ1v) is 9.39. The highest BCUT2D eigenvalue weighted by atomic mass is 79.9. The second-order valence-corrected chi connectivity index (χ2v) is 6.89. The number of hydrogen-bond donors (Lipinski definition) is 1. The zero-order valence-corrected chi connectivity index (χ0v) is 16.5. The molecule has 0 aromatic heterocycles. The molecule has 0 saturated heterocycles. The number of halogens is 1. The summed E-state index contributed by atoms with van der Waals surface area (Å²) in [6.45, 7) is 0.481. The van der Waals surface area contributed by atoms with E-state index in [-0.39, 0.29) is 5.57 Å². The summed E-state index contributed by atoms with van der Waals surface area (Å²) in [6, 6.07) is 26.3. The Kier molecular flexibility index (Phi) is 6.61. The summed E-state index contributed by atoms with van der Waals surface area (Å²) >= 11 is 3.34. The van der Waals surface area contributed by atoms with Crippen molar-refractivity contribution in [2.45, 2.75) is 6.61 Å². The number of anilines is 1. The third-order valence-electron chi connectivity index (χ3n) is 3.91. The van der Waals surface area contributed by atoms with Gasteiger partial charge in [0.1, 0.15) is 24.0 Å². The SMILES string of the molecule is N#C/C(=C/c1ccc(OCc2ccccc2)cc1)C(=O)Nc1ccc(Br)cc1. The molecule has 0 aliphatic heterocycles. The van der Waals surface area contributed by atoms with Gasteiger partial charge in [0, 0.05) is 10.2 Å². The average molecular weight is 433 g/mol. The summed E-state index contributed by atoms with van der Waals surface area (Å²) < 4.78 is 6.66. The zero-order valence-electron chi connectivity index (χ0n) is 14.9. The molecule has 0 atom stereocenters. The number of rotatable bonds is 6. The number of carbonyl (C=O) groups excluding carboxylic acids is 1. The van der Waals surface area contributed by atoms with E-state index < -0.39 is 5.91 Å². The van der Waals surface area contributed by atoms with Gasteiger partial charge in [-0.25, -0.2) is 0 Å². The predicted octanol–water partition coefficient (Wildman–Crippen LogP) is 5.57. The van der Waals surface area contributed by atoms with Crippen LogP contribution < -0.4 is 10.1 Å². The topological polar surface area (TPSA) is 62.1 Å². The van der Waals surface area contributed by atoms with Crippen molar-refractivity contribution in [3.8, 4) is 11.8 Å². The van der Waals surface area contributed by atoms with E-state index in [1.165, 1.54) is 0 Å². The summed E-state index contributed by atoms with van der Waals surface area (Å²) in [5.74, 6) is 0.271. The number of nitriles is 1. The minimum Gasteiger partial charge on any atom is -0.489 e. The largest absolute Gasteiger partial charge is 0.489 e. The predicted molar refractivity (Wildman–Crippen MR) is 114 cm³/mol. The van der Waals surface area contributed by atoms with Crippen molar-refractivity contribution < 1.29 is 9.53 Å². The van der Waals surface area contributed by atoms with Crippen molar-refractivity contribution in [2.24, 2.45) is 0 Å². The molecule has 0 aliphatic rings. The van der Waals surface area contributed by atoms with Crippen molar-refractivity contribution >= 4 is 33.6 Å². The van der Waals surface area contributed by atoms with Gasteiger partial charge in [-0.3, -0.25) is 4.79 Å². The van der Waals surface area contributed by atoms with Crippen LogP contribution in [-0.4, -0.2) is 5.91 Å². The summed E-state index contributed by atoms with van der Waals surface area (Å²) in [7, 11) is 0. The fraction of sp³-hybridized carbons (Fsp3) is 0.0435. The number of amides is 1. The third kappa shape index (κ3) is 5.57. The van der Waals surface area contributed by atoms with E-state index in [1.54, 1.807) is 18.2 Å². The summed E-state index contributed by atoms with van der Waals surface area (Å²) in [4.78, 5) is 12.3. The summed E-state index contributed by atoms with van der Waals surface area (Å²) in [5, 5.41) is 12.0. The van der Waals surface area contributed by atoms with Crippen molar-refractivity contribution in [3.05, 3.63) is 100 Å². The molecule has 1 amide bonds. The van der Waals surface area contributed by atoms with Crippen LogP contribution in [0.5, 0.6) is 5.75 Å². The first kappa shape index (κ1) is 19.4. The minimum absolute atomic E-state index is 0.0286. The van der Waals surface area contributed by atoms with Crippen LogP contribution in [0, 0.1) is 11.3 Å². The second kappa shape index (κ2) is 9.54. The quantitative estimate of drug-likeness (QED) is 0.408. The molecule has 5 heteroatoms. The molecule has 3 aromatic carbocycles. The Hall–Kier alpha value is -3.36. The molecule has 138 valence electrons. The molecular formula is C23H17BrN2O2. The van der Waals surface area contributed by atoms with Crippen molar-refractivity contribution in [1.82, 2.24) is 0 Å². The lowest BCUT2D eigenvalue weighted by Crippen LogP contribution is -2.13. The van der Waals surface area contributed by atoms with E-state index >= 15 is 0 Å². The van der Waals surface area contributed by atoms with E-state index in [1.807, 2.05) is 72.8 Å². The van der Waals surface area contributed by atoms with Gasteiger partial charge in [-0.05, 0) is 53.6 Å². The van der Waals surface area contributed by atoms with E-state index in [0.717, 1.165) is 21.3 Å². The van der Waals surface area contributed by atoms with Gasteiger partial charge in [-0.2, -0.15) is 5.26 Å². The van der Waals surface area contributed by atoms with Crippen LogP contribution in [-0.2, 0) is 11.4 Å². The molecule has 0 unspecified atom stereocenters. The van der Waals surface area contributed by atoms with Crippen LogP contribution in [0.25, 0.3) is 6.08 Å². The highest BCUT2D eigenvalue weighted by Crippen LogP contribution is 2.18. The number of carbonyl (C=O) groups is 1. The van der Waals surface area contributed by atoms with E-state index in [9.17, 15) is 10.1 Å². The van der Waals surface area contributed by atoms with Gasteiger partial charge < -0.3 is 10.1 Å². The van der Waals surface area contributed by atoms with Crippen LogP contribution in [0.15, 0.2) is 88.9 Å². The highest BCUT2D eigenvalue weighted by molar-refractivity contribution is 9.10. The fourth-order valence-corrected chi connectivity index (χ4v) is 2.71. The number of benzene rings is 3. The van der Waals surface area contributed by atoms with Crippen molar-refractivity contribution in [1.29, 1.82) is 5.26 Å². The minimum atomic E-state index is -0.450. The van der Waals surface area contributed by atoms with Gasteiger partial charge in [-0.15, -0.1) is 0 Å². The van der Waals surface area contributed by atoms with Gasteiger partial charge in [-0.1, -0.05) is 58.4 Å². The van der Waals surface area contributed by atoms with Gasteiger partial charge in [0.2, 0.25) is 0 Å². The number of hydrogen-bond acceptors (Lipinski definition) is 3. The van der Waals surface area contributed by atoms with Crippen LogP contribution in [0.2, 0.25) is 0 Å². The van der Waals surface area contributed by atoms with Crippen LogP contribution in [0.3, 0.4) is 0 Å². The Bertz CT molecular complexity index is 1010. The standard InChI is InChI=1S/C23H17BrN2O2/c24-20-8-10-21(11-9-20)26-23(27)19(15-25)14-17-6-12-22(13-7-17)28-16-18-4-2-1-3-5-18/h1-14H,16H2,(H,26,27)/b19-14-. The van der Waals surface area contributed by atoms with Crippen molar-refractivity contribution in [3.63, 3.8) is 0 Å². The molecule has 0 bridgehead atoms. The van der Waals surface area contributed by atoms with Gasteiger partial charge in [0.25, 0.3) is 5.91 Å². The summed E-state index contributed by atoms with van der Waals surface area (Å²) in [6.07, 6.45) is 1.55. The first-order valence-electron chi connectivity index (χ1n) is 8.59. The number of ether oxygens (including phenoxy) is 1. The lowest BCUT2D eigenvalue weighted by Gasteiger charge is -2.07. The molecular weight excluding hydrogens is 416 g/mol. The van der Waals surface area contributed by atoms with E-state index in [0.29, 0.717) is 12.3 Å². The summed E-state index contributed by atoms with van der Waals surface area (Å²) in [5.41, 5.74) is 2.48. The first-order chi connectivity index (χ1) is 13.6. The Morgan fingerprint density at radius 3 is 2.32 bits per heavy atom. The molecule has 0 fully saturated rings. The lowest BCUT2D eigenvalue weighted by atomic mass is 10.1. The monoisotopic (exact) mass is 432 g/mol. The van der Waals surface area contributed by atoms with Gasteiger partial charge in [0.05, 0.1) is 0 Å². The normalized spacial score (nSPS) is 10.8. The average Bonchev–Trinajstić information content (AvgIpc) is 2.73. The van der Waals surface area contributed by atoms with Crippen LogP contribution in [0.4, 0.5) is 5.69 Å². The molecule has 0 heterocycles. The molecule has 3 aromatic rings. The number of nitrogens with one attached hydrogen (secondary N) is 1. The second-order valence-electron chi connectivity index (χ2n) is 5.97. The smallest absolute Gasteiger partial charge is 0.266 e. The van der Waals surface area contributed by atoms with Gasteiger partial charge >= 0.3 is 0 Å². The van der Waals surface area contributed by atoms with E-state index in [2.05, 4.69) is 21.2 Å². The molecule has 3 rings (SSSR count). The maximum absolute atomic E-state index is 12.3. The molecule has 28 heavy (non-hydrogen) atoms. The maximum Gasteiger partial charge on any atom is 0.266 e. The molecule has 0 spiro atoms. The zero-order chi connectivity index (χ0) is 19.8. The maximum atomic E-state index is 12.3.